The van der Waals surface area contributed by atoms with Gasteiger partial charge in [-0.25, -0.2) is 0 Å². The number of aldehydes is 1. The molecule has 0 aliphatic heterocycles. The van der Waals surface area contributed by atoms with Gasteiger partial charge in [0.05, 0.1) is 5.52 Å². The van der Waals surface area contributed by atoms with Crippen LogP contribution in [0.4, 0.5) is 0 Å². The van der Waals surface area contributed by atoms with Crippen LogP contribution in [0.15, 0.2) is 91.0 Å². The fourth-order valence-electron chi connectivity index (χ4n) is 3.53. The quantitative estimate of drug-likeness (QED) is 0.348. The molecule has 0 bridgehead atoms. The van der Waals surface area contributed by atoms with Gasteiger partial charge in [-0.15, -0.1) is 0 Å². The summed E-state index contributed by atoms with van der Waals surface area (Å²) in [6, 6.07) is 35.6. The van der Waals surface area contributed by atoms with Crippen LogP contribution < -0.4 is 0 Å². The van der Waals surface area contributed by atoms with Gasteiger partial charge in [0.25, 0.3) is 0 Å². The third-order valence-corrected chi connectivity index (χ3v) is 4.80. The highest BCUT2D eigenvalue weighted by Gasteiger charge is 2.14. The van der Waals surface area contributed by atoms with Crippen molar-refractivity contribution in [2.75, 3.05) is 0 Å². The monoisotopic (exact) mass is 361 g/mol. The lowest BCUT2D eigenvalue weighted by Gasteiger charge is -2.08. The van der Waals surface area contributed by atoms with Gasteiger partial charge < -0.3 is 4.57 Å². The highest BCUT2D eigenvalue weighted by Crippen LogP contribution is 2.35. The lowest BCUT2D eigenvalue weighted by molar-refractivity contribution is 0.112. The van der Waals surface area contributed by atoms with Crippen LogP contribution in [0.1, 0.15) is 10.4 Å². The molecule has 0 saturated heterocycles. The molecule has 28 heavy (non-hydrogen) atoms. The molecule has 4 aromatic carbocycles. The number of nitrogens with zero attached hydrogens (tertiary/aromatic N) is 1. The highest BCUT2D eigenvalue weighted by molar-refractivity contribution is 6.14. The molecular weight excluding hydrogens is 342 g/mol. The zero-order valence-electron chi connectivity index (χ0n) is 15.6. The molecule has 0 fully saturated rings. The van der Waals surface area contributed by atoms with Crippen LogP contribution in [0.25, 0.3) is 32.9 Å². The number of benzene rings is 4. The zero-order valence-corrected chi connectivity index (χ0v) is 15.6. The molecule has 2 heteroatoms. The van der Waals surface area contributed by atoms with Crippen molar-refractivity contribution in [3.05, 3.63) is 109 Å². The fourth-order valence-corrected chi connectivity index (χ4v) is 3.53. The van der Waals surface area contributed by atoms with E-state index in [0.717, 1.165) is 28.3 Å². The number of aryl methyl sites for hydroxylation is 1. The fraction of sp³-hybridized carbons (Fsp3) is 0.0385. The maximum atomic E-state index is 11.4. The first-order valence-electron chi connectivity index (χ1n) is 9.13. The molecule has 2 nitrogen and oxygen atoms in total. The normalized spacial score (nSPS) is 10.5. The van der Waals surface area contributed by atoms with Crippen LogP contribution in [0.2, 0.25) is 0 Å². The van der Waals surface area contributed by atoms with Gasteiger partial charge in [-0.2, -0.15) is 0 Å². The van der Waals surface area contributed by atoms with Gasteiger partial charge in [0.2, 0.25) is 0 Å². The molecule has 0 aliphatic carbocycles. The van der Waals surface area contributed by atoms with Crippen LogP contribution in [-0.2, 0) is 7.05 Å². The number of fused-ring (bicyclic) bond motifs is 3. The lowest BCUT2D eigenvalue weighted by Crippen LogP contribution is -1.91. The number of rotatable bonds is 2. The van der Waals surface area contributed by atoms with Crippen molar-refractivity contribution in [3.63, 3.8) is 0 Å². The molecule has 5 aromatic rings. The number of para-hydroxylation sites is 1. The minimum atomic E-state index is 0.701. The first-order chi connectivity index (χ1) is 13.8. The summed E-state index contributed by atoms with van der Waals surface area (Å²) in [5, 5.41) is 2.29. The number of hydrogen-bond acceptors (Lipinski definition) is 1. The van der Waals surface area contributed by atoms with Crippen molar-refractivity contribution >= 4 is 28.1 Å². The Bertz CT molecular complexity index is 1190. The summed E-state index contributed by atoms with van der Waals surface area (Å²) in [4.78, 5) is 11.4. The van der Waals surface area contributed by atoms with Crippen molar-refractivity contribution in [1.29, 1.82) is 0 Å². The van der Waals surface area contributed by atoms with Gasteiger partial charge in [-0.05, 0) is 35.9 Å². The lowest BCUT2D eigenvalue weighted by atomic mass is 9.99. The van der Waals surface area contributed by atoms with Gasteiger partial charge in [-0.1, -0.05) is 72.8 Å². The van der Waals surface area contributed by atoms with Gasteiger partial charge in [-0.3, -0.25) is 4.79 Å². The second-order valence-electron chi connectivity index (χ2n) is 6.52. The molecule has 1 heterocycles. The van der Waals surface area contributed by atoms with Crippen LogP contribution >= 0.6 is 0 Å². The molecule has 0 unspecified atom stereocenters. The van der Waals surface area contributed by atoms with Gasteiger partial charge in [0.1, 0.15) is 6.29 Å². The standard InChI is InChI=1S/C20H14NO.C6H5/c1-21-19-10-6-5-9-16(19)18-12-14(13-22)11-17(20(18)21)15-7-3-2-4-8-15;1-2-4-6-5-3-1/h3-13H,1H3;1-5H. The largest absolute Gasteiger partial charge is 0.343 e. The van der Waals surface area contributed by atoms with Crippen LogP contribution in [0.3, 0.4) is 0 Å². The average molecular weight is 361 g/mol. The number of aromatic nitrogens is 1. The maximum absolute atomic E-state index is 11.4. The highest BCUT2D eigenvalue weighted by atomic mass is 16.1. The van der Waals surface area contributed by atoms with Crippen molar-refractivity contribution in [2.24, 2.45) is 7.05 Å². The maximum Gasteiger partial charge on any atom is 0.150 e. The summed E-state index contributed by atoms with van der Waals surface area (Å²) in [6.07, 6.45) is 0.916. The number of hydrogen-bond donors (Lipinski definition) is 0. The van der Waals surface area contributed by atoms with E-state index in [4.69, 9.17) is 0 Å². The SMILES string of the molecule is Cn1c2ccccc2c2cc(C=O)cc(-c3cc[c]cc3)c21.[c]1ccccc1. The van der Waals surface area contributed by atoms with E-state index < -0.39 is 0 Å². The molecule has 0 aliphatic rings. The molecule has 0 N–H and O–H groups in total. The second kappa shape index (κ2) is 7.93. The Hall–Kier alpha value is -3.65. The molecular formula is C26H19NO. The van der Waals surface area contributed by atoms with E-state index in [1.165, 1.54) is 10.9 Å². The van der Waals surface area contributed by atoms with E-state index in [-0.39, 0.29) is 0 Å². The van der Waals surface area contributed by atoms with Crippen LogP contribution in [0, 0.1) is 12.1 Å². The molecule has 5 rings (SSSR count). The second-order valence-corrected chi connectivity index (χ2v) is 6.52. The third kappa shape index (κ3) is 3.33. The molecule has 134 valence electrons. The Labute approximate surface area is 164 Å². The summed E-state index contributed by atoms with van der Waals surface area (Å²) >= 11 is 0. The molecule has 1 aromatic heterocycles. The topological polar surface area (TPSA) is 22.0 Å². The van der Waals surface area contributed by atoms with E-state index in [0.29, 0.717) is 5.56 Å². The molecule has 0 atom stereocenters. The third-order valence-electron chi connectivity index (χ3n) is 4.80. The average Bonchev–Trinajstić information content (AvgIpc) is 3.08. The predicted octanol–water partition coefficient (Wildman–Crippen LogP) is 6.10. The number of carbonyl (C=O) groups excluding carboxylic acids is 1. The minimum Gasteiger partial charge on any atom is -0.343 e. The van der Waals surface area contributed by atoms with E-state index >= 15 is 0 Å². The summed E-state index contributed by atoms with van der Waals surface area (Å²) in [5.41, 5.74) is 5.19. The van der Waals surface area contributed by atoms with Gasteiger partial charge >= 0.3 is 0 Å². The molecule has 0 saturated carbocycles. The summed E-state index contributed by atoms with van der Waals surface area (Å²) in [6.45, 7) is 0. The van der Waals surface area contributed by atoms with Gasteiger partial charge in [0.15, 0.2) is 0 Å². The summed E-state index contributed by atoms with van der Waals surface area (Å²) in [5.74, 6) is 0. The van der Waals surface area contributed by atoms with Crippen molar-refractivity contribution in [1.82, 2.24) is 4.57 Å². The number of carbonyl (C=O) groups is 1. The Kier molecular flexibility index (Phi) is 5.03. The Balaban J connectivity index is 0.000000275. The van der Waals surface area contributed by atoms with E-state index in [1.54, 1.807) is 0 Å². The first kappa shape index (κ1) is 17.7. The molecule has 0 amide bonds. The summed E-state index contributed by atoms with van der Waals surface area (Å²) < 4.78 is 2.20. The predicted molar refractivity (Wildman–Crippen MR) is 115 cm³/mol. The summed E-state index contributed by atoms with van der Waals surface area (Å²) in [7, 11) is 2.07. The van der Waals surface area contributed by atoms with E-state index in [9.17, 15) is 4.79 Å². The van der Waals surface area contributed by atoms with E-state index in [1.807, 2.05) is 78.9 Å². The minimum absolute atomic E-state index is 0.701. The van der Waals surface area contributed by atoms with Crippen LogP contribution in [0.5, 0.6) is 0 Å². The van der Waals surface area contributed by atoms with Crippen molar-refractivity contribution < 1.29 is 4.79 Å². The smallest absolute Gasteiger partial charge is 0.150 e. The van der Waals surface area contributed by atoms with Crippen molar-refractivity contribution in [3.8, 4) is 11.1 Å². The Morgan fingerprint density at radius 2 is 1.50 bits per heavy atom. The van der Waals surface area contributed by atoms with Crippen LogP contribution in [-0.4, -0.2) is 10.9 Å². The van der Waals surface area contributed by atoms with E-state index in [2.05, 4.69) is 35.9 Å². The zero-order chi connectivity index (χ0) is 19.3. The van der Waals surface area contributed by atoms with Crippen molar-refractivity contribution in [2.45, 2.75) is 0 Å². The van der Waals surface area contributed by atoms with Gasteiger partial charge in [0, 0.05) is 34.5 Å². The molecule has 2 radical (unpaired) electrons. The Morgan fingerprint density at radius 1 is 0.786 bits per heavy atom. The Morgan fingerprint density at radius 3 is 2.14 bits per heavy atom. The first-order valence-corrected chi connectivity index (χ1v) is 9.13. The molecule has 0 spiro atoms.